The van der Waals surface area contributed by atoms with Gasteiger partial charge >= 0.3 is 0 Å². The maximum atomic E-state index is 14.3. The van der Waals surface area contributed by atoms with Crippen molar-refractivity contribution in [3.63, 3.8) is 0 Å². The number of likely N-dealkylation sites (tertiary alicyclic amines) is 1. The zero-order valence-electron chi connectivity index (χ0n) is 15.5. The molecule has 1 unspecified atom stereocenters. The van der Waals surface area contributed by atoms with Crippen molar-refractivity contribution in [2.45, 2.75) is 64.0 Å². The first-order valence-corrected chi connectivity index (χ1v) is 9.86. The summed E-state index contributed by atoms with van der Waals surface area (Å²) in [6, 6.07) is 3.41. The average molecular weight is 361 g/mol. The third-order valence-corrected chi connectivity index (χ3v) is 6.50. The predicted octanol–water partition coefficient (Wildman–Crippen LogP) is 2.65. The Kier molecular flexibility index (Phi) is 4.63. The fourth-order valence-electron chi connectivity index (χ4n) is 5.00. The van der Waals surface area contributed by atoms with Crippen molar-refractivity contribution in [2.24, 2.45) is 5.41 Å². The number of halogens is 1. The highest BCUT2D eigenvalue weighted by Gasteiger charge is 2.51. The van der Waals surface area contributed by atoms with Crippen LogP contribution in [0.3, 0.4) is 0 Å². The lowest BCUT2D eigenvalue weighted by atomic mass is 9.78. The summed E-state index contributed by atoms with van der Waals surface area (Å²) in [6.45, 7) is 3.96. The van der Waals surface area contributed by atoms with Crippen LogP contribution in [0.4, 0.5) is 10.2 Å². The number of aromatic nitrogens is 1. The first kappa shape index (κ1) is 17.7. The van der Waals surface area contributed by atoms with E-state index < -0.39 is 5.41 Å². The van der Waals surface area contributed by atoms with Crippen molar-refractivity contribution in [2.75, 3.05) is 24.5 Å². The molecule has 1 aromatic rings. The van der Waals surface area contributed by atoms with Gasteiger partial charge in [0, 0.05) is 31.4 Å². The third kappa shape index (κ3) is 3.08. The first-order chi connectivity index (χ1) is 12.5. The molecule has 1 aromatic heterocycles. The van der Waals surface area contributed by atoms with Crippen LogP contribution in [0.25, 0.3) is 0 Å². The minimum Gasteiger partial charge on any atom is -0.393 e. The van der Waals surface area contributed by atoms with E-state index in [-0.39, 0.29) is 23.9 Å². The molecular weight excluding hydrogens is 333 g/mol. The Balaban J connectivity index is 1.51. The summed E-state index contributed by atoms with van der Waals surface area (Å²) in [5.41, 5.74) is 0.396. The van der Waals surface area contributed by atoms with E-state index >= 15 is 0 Å². The van der Waals surface area contributed by atoms with E-state index in [0.717, 1.165) is 63.7 Å². The highest BCUT2D eigenvalue weighted by atomic mass is 19.1. The Bertz CT molecular complexity index is 690. The van der Waals surface area contributed by atoms with Crippen molar-refractivity contribution in [3.8, 4) is 0 Å². The fraction of sp³-hybridized carbons (Fsp3) is 0.700. The van der Waals surface area contributed by atoms with Gasteiger partial charge in [-0.25, -0.2) is 9.37 Å². The van der Waals surface area contributed by atoms with E-state index in [4.69, 9.17) is 0 Å². The number of aryl methyl sites for hydroxylation is 1. The molecule has 0 bridgehead atoms. The molecule has 2 aliphatic heterocycles. The molecule has 1 N–H and O–H groups in total. The molecule has 1 spiro atoms. The van der Waals surface area contributed by atoms with Crippen LogP contribution in [-0.2, 0) is 4.79 Å². The summed E-state index contributed by atoms with van der Waals surface area (Å²) < 4.78 is 14.3. The van der Waals surface area contributed by atoms with Crippen LogP contribution in [0.1, 0.15) is 50.6 Å². The SMILES string of the molecule is Cc1ccc(F)c(N2CCCC3(CCN([C@H]4CC[C@H](O)CC4)C3=O)C2)n1. The van der Waals surface area contributed by atoms with Crippen LogP contribution in [0.15, 0.2) is 12.1 Å². The van der Waals surface area contributed by atoms with Crippen LogP contribution >= 0.6 is 0 Å². The lowest BCUT2D eigenvalue weighted by Gasteiger charge is -2.41. The highest BCUT2D eigenvalue weighted by Crippen LogP contribution is 2.43. The van der Waals surface area contributed by atoms with E-state index in [1.807, 2.05) is 11.8 Å². The second-order valence-electron chi connectivity index (χ2n) is 8.27. The largest absolute Gasteiger partial charge is 0.393 e. The number of rotatable bonds is 2. The molecule has 6 heteroatoms. The lowest BCUT2D eigenvalue weighted by molar-refractivity contribution is -0.139. The number of carbonyl (C=O) groups is 1. The summed E-state index contributed by atoms with van der Waals surface area (Å²) in [5.74, 6) is 0.309. The van der Waals surface area contributed by atoms with E-state index in [1.165, 1.54) is 6.07 Å². The van der Waals surface area contributed by atoms with Crippen molar-refractivity contribution >= 4 is 11.7 Å². The second kappa shape index (κ2) is 6.80. The normalized spacial score (nSPS) is 32.5. The summed E-state index contributed by atoms with van der Waals surface area (Å²) in [4.78, 5) is 21.7. The molecule has 1 atom stereocenters. The van der Waals surface area contributed by atoms with Gasteiger partial charge in [-0.15, -0.1) is 0 Å². The summed E-state index contributed by atoms with van der Waals surface area (Å²) in [6.07, 6.45) is 5.74. The Labute approximate surface area is 154 Å². The molecule has 4 rings (SSSR count). The molecule has 1 saturated carbocycles. The van der Waals surface area contributed by atoms with Gasteiger partial charge in [-0.3, -0.25) is 4.79 Å². The molecule has 3 fully saturated rings. The minimum atomic E-state index is -0.397. The van der Waals surface area contributed by atoms with Crippen molar-refractivity contribution in [1.82, 2.24) is 9.88 Å². The molecule has 0 radical (unpaired) electrons. The minimum absolute atomic E-state index is 0.210. The molecule has 2 saturated heterocycles. The van der Waals surface area contributed by atoms with E-state index in [9.17, 15) is 14.3 Å². The summed E-state index contributed by atoms with van der Waals surface area (Å²) in [5, 5.41) is 9.73. The number of pyridine rings is 1. The van der Waals surface area contributed by atoms with Crippen LogP contribution in [0.2, 0.25) is 0 Å². The van der Waals surface area contributed by atoms with Crippen LogP contribution in [0.5, 0.6) is 0 Å². The first-order valence-electron chi connectivity index (χ1n) is 9.86. The average Bonchev–Trinajstić information content (AvgIpc) is 2.94. The number of hydrogen-bond acceptors (Lipinski definition) is 4. The maximum absolute atomic E-state index is 14.3. The second-order valence-corrected chi connectivity index (χ2v) is 8.27. The molecule has 1 aliphatic carbocycles. The number of amides is 1. The molecule has 3 aliphatic rings. The van der Waals surface area contributed by atoms with Gasteiger partial charge in [-0.1, -0.05) is 0 Å². The van der Waals surface area contributed by atoms with E-state index in [0.29, 0.717) is 12.4 Å². The van der Waals surface area contributed by atoms with Gasteiger partial charge in [-0.2, -0.15) is 0 Å². The number of anilines is 1. The number of aliphatic hydroxyl groups is 1. The highest BCUT2D eigenvalue weighted by molar-refractivity contribution is 5.86. The molecule has 5 nitrogen and oxygen atoms in total. The third-order valence-electron chi connectivity index (χ3n) is 6.50. The Morgan fingerprint density at radius 2 is 1.96 bits per heavy atom. The van der Waals surface area contributed by atoms with Crippen LogP contribution in [-0.4, -0.2) is 52.7 Å². The summed E-state index contributed by atoms with van der Waals surface area (Å²) in [7, 11) is 0. The van der Waals surface area contributed by atoms with Crippen molar-refractivity contribution in [1.29, 1.82) is 0 Å². The van der Waals surface area contributed by atoms with Gasteiger partial charge in [0.05, 0.1) is 11.5 Å². The van der Waals surface area contributed by atoms with Crippen LogP contribution in [0, 0.1) is 18.2 Å². The Morgan fingerprint density at radius 1 is 1.19 bits per heavy atom. The number of piperidine rings is 1. The van der Waals surface area contributed by atoms with Gasteiger partial charge < -0.3 is 14.9 Å². The van der Waals surface area contributed by atoms with Gasteiger partial charge in [-0.05, 0) is 64.0 Å². The maximum Gasteiger partial charge on any atom is 0.230 e. The van der Waals surface area contributed by atoms with Crippen LogP contribution < -0.4 is 4.90 Å². The van der Waals surface area contributed by atoms with E-state index in [1.54, 1.807) is 6.07 Å². The van der Waals surface area contributed by atoms with Gasteiger partial charge in [0.15, 0.2) is 11.6 Å². The quantitative estimate of drug-likeness (QED) is 0.880. The van der Waals surface area contributed by atoms with E-state index in [2.05, 4.69) is 9.88 Å². The Hall–Kier alpha value is -1.69. The Morgan fingerprint density at radius 3 is 2.73 bits per heavy atom. The molecule has 0 aromatic carbocycles. The van der Waals surface area contributed by atoms with Gasteiger partial charge in [0.25, 0.3) is 0 Å². The lowest BCUT2D eigenvalue weighted by Crippen LogP contribution is -2.50. The number of carbonyl (C=O) groups excluding carboxylic acids is 1. The number of hydrogen-bond donors (Lipinski definition) is 1. The van der Waals surface area contributed by atoms with Crippen molar-refractivity contribution < 1.29 is 14.3 Å². The molecule has 3 heterocycles. The predicted molar refractivity (Wildman–Crippen MR) is 97.4 cm³/mol. The smallest absolute Gasteiger partial charge is 0.230 e. The summed E-state index contributed by atoms with van der Waals surface area (Å²) >= 11 is 0. The fourth-order valence-corrected chi connectivity index (χ4v) is 5.00. The topological polar surface area (TPSA) is 56.7 Å². The zero-order valence-corrected chi connectivity index (χ0v) is 15.5. The standard InChI is InChI=1S/C20H28FN3O2/c1-14-3-8-17(21)18(22-14)23-11-2-9-20(13-23)10-12-24(19(20)26)15-4-6-16(25)7-5-15/h3,8,15-16,25H,2,4-7,9-13H2,1H3/t15-,16-,20?. The number of nitrogens with zero attached hydrogens (tertiary/aromatic N) is 3. The molecule has 142 valence electrons. The molecule has 1 amide bonds. The number of aliphatic hydroxyl groups excluding tert-OH is 1. The zero-order chi connectivity index (χ0) is 18.3. The molecule has 26 heavy (non-hydrogen) atoms. The molecular formula is C20H28FN3O2. The van der Waals surface area contributed by atoms with Gasteiger partial charge in [0.1, 0.15) is 0 Å². The van der Waals surface area contributed by atoms with Crippen molar-refractivity contribution in [3.05, 3.63) is 23.6 Å². The van der Waals surface area contributed by atoms with Gasteiger partial charge in [0.2, 0.25) is 5.91 Å². The monoisotopic (exact) mass is 361 g/mol.